The number of hydrogen-bond acceptors (Lipinski definition) is 5. The molecule has 2 aromatic rings. The molecule has 0 N–H and O–H groups in total. The van der Waals surface area contributed by atoms with Crippen molar-refractivity contribution in [2.45, 2.75) is 6.42 Å². The molecular weight excluding hydrogens is 397 g/mol. The van der Waals surface area contributed by atoms with E-state index in [1.54, 1.807) is 0 Å². The fourth-order valence-electron chi connectivity index (χ4n) is 2.17. The van der Waals surface area contributed by atoms with Crippen molar-refractivity contribution in [3.63, 3.8) is 0 Å². The number of ketones is 1. The highest BCUT2D eigenvalue weighted by Gasteiger charge is 2.16. The van der Waals surface area contributed by atoms with Crippen LogP contribution in [-0.2, 0) is 26.0 Å². The number of sulfonamides is 1. The molecule has 0 unspecified atom stereocenters. The molecule has 0 amide bonds. The molecule has 0 heterocycles. The average molecular weight is 414 g/mol. The maximum absolute atomic E-state index is 13.7. The number of carbonyl (C=O) groups excluding carboxylic acids is 2. The SMILES string of the molecule is CN(c1ccc(C(=O)COC(=O)Cc2c(F)cccc2Cl)cc1)S(C)(=O)=O. The molecule has 0 spiro atoms. The van der Waals surface area contributed by atoms with E-state index in [0.29, 0.717) is 5.69 Å². The van der Waals surface area contributed by atoms with Crippen LogP contribution >= 0.6 is 11.6 Å². The first kappa shape index (κ1) is 20.9. The Balaban J connectivity index is 1.96. The normalized spacial score (nSPS) is 11.1. The number of ether oxygens (including phenoxy) is 1. The number of anilines is 1. The Morgan fingerprint density at radius 1 is 1.15 bits per heavy atom. The minimum Gasteiger partial charge on any atom is -0.457 e. The van der Waals surface area contributed by atoms with Gasteiger partial charge in [0.2, 0.25) is 10.0 Å². The van der Waals surface area contributed by atoms with E-state index >= 15 is 0 Å². The molecule has 0 saturated heterocycles. The monoisotopic (exact) mass is 413 g/mol. The highest BCUT2D eigenvalue weighted by atomic mass is 35.5. The van der Waals surface area contributed by atoms with Crippen LogP contribution in [0.25, 0.3) is 0 Å². The van der Waals surface area contributed by atoms with Crippen molar-refractivity contribution >= 4 is 39.1 Å². The largest absolute Gasteiger partial charge is 0.457 e. The molecule has 0 aromatic heterocycles. The lowest BCUT2D eigenvalue weighted by molar-refractivity contribution is -0.141. The van der Waals surface area contributed by atoms with E-state index in [4.69, 9.17) is 16.3 Å². The molecule has 0 bridgehead atoms. The number of rotatable bonds is 7. The molecule has 2 rings (SSSR count). The Bertz CT molecular complexity index is 940. The first-order valence-electron chi connectivity index (χ1n) is 7.75. The van der Waals surface area contributed by atoms with Crippen LogP contribution in [0.3, 0.4) is 0 Å². The van der Waals surface area contributed by atoms with Crippen molar-refractivity contribution in [2.24, 2.45) is 0 Å². The van der Waals surface area contributed by atoms with Gasteiger partial charge in [-0.3, -0.25) is 13.9 Å². The molecule has 0 aliphatic carbocycles. The molecule has 27 heavy (non-hydrogen) atoms. The predicted molar refractivity (Wildman–Crippen MR) is 100 cm³/mol. The summed E-state index contributed by atoms with van der Waals surface area (Å²) in [6.45, 7) is -0.522. The number of benzene rings is 2. The number of esters is 1. The Morgan fingerprint density at radius 3 is 2.33 bits per heavy atom. The summed E-state index contributed by atoms with van der Waals surface area (Å²) in [6, 6.07) is 9.84. The topological polar surface area (TPSA) is 80.8 Å². The average Bonchev–Trinajstić information content (AvgIpc) is 2.61. The van der Waals surface area contributed by atoms with Crippen LogP contribution in [0.4, 0.5) is 10.1 Å². The fraction of sp³-hybridized carbons (Fsp3) is 0.222. The molecule has 0 aliphatic rings. The van der Waals surface area contributed by atoms with Gasteiger partial charge in [-0.25, -0.2) is 12.8 Å². The zero-order chi connectivity index (χ0) is 20.2. The van der Waals surface area contributed by atoms with Gasteiger partial charge >= 0.3 is 5.97 Å². The lowest BCUT2D eigenvalue weighted by Gasteiger charge is -2.16. The molecule has 9 heteroatoms. The lowest BCUT2D eigenvalue weighted by Crippen LogP contribution is -2.24. The van der Waals surface area contributed by atoms with Gasteiger partial charge in [0.1, 0.15) is 5.82 Å². The van der Waals surface area contributed by atoms with Crippen LogP contribution in [0.2, 0.25) is 5.02 Å². The summed E-state index contributed by atoms with van der Waals surface area (Å²) in [4.78, 5) is 23.9. The van der Waals surface area contributed by atoms with Crippen molar-refractivity contribution in [1.29, 1.82) is 0 Å². The van der Waals surface area contributed by atoms with E-state index in [-0.39, 0.29) is 16.1 Å². The molecule has 0 aliphatic heterocycles. The summed E-state index contributed by atoms with van der Waals surface area (Å²) in [5.41, 5.74) is 0.641. The van der Waals surface area contributed by atoms with E-state index in [1.807, 2.05) is 0 Å². The van der Waals surface area contributed by atoms with E-state index in [9.17, 15) is 22.4 Å². The van der Waals surface area contributed by atoms with E-state index in [1.165, 1.54) is 49.5 Å². The maximum atomic E-state index is 13.7. The third-order valence-electron chi connectivity index (χ3n) is 3.80. The summed E-state index contributed by atoms with van der Waals surface area (Å²) in [5, 5.41) is 0.101. The summed E-state index contributed by atoms with van der Waals surface area (Å²) in [7, 11) is -2.02. The van der Waals surface area contributed by atoms with Crippen molar-refractivity contribution in [1.82, 2.24) is 0 Å². The van der Waals surface area contributed by atoms with Gasteiger partial charge in [0, 0.05) is 23.2 Å². The van der Waals surface area contributed by atoms with Crippen LogP contribution in [0, 0.1) is 5.82 Å². The molecule has 0 fully saturated rings. The van der Waals surface area contributed by atoms with E-state index in [0.717, 1.165) is 10.6 Å². The second kappa shape index (κ2) is 8.49. The molecule has 2 aromatic carbocycles. The van der Waals surface area contributed by atoms with Gasteiger partial charge in [-0.15, -0.1) is 0 Å². The van der Waals surface area contributed by atoms with Gasteiger partial charge in [-0.05, 0) is 36.4 Å². The Labute approximate surface area is 161 Å². The zero-order valence-corrected chi connectivity index (χ0v) is 16.2. The Kier molecular flexibility index (Phi) is 6.56. The number of nitrogens with zero attached hydrogens (tertiary/aromatic N) is 1. The van der Waals surface area contributed by atoms with Gasteiger partial charge < -0.3 is 4.74 Å². The second-order valence-electron chi connectivity index (χ2n) is 5.74. The predicted octanol–water partition coefficient (Wildman–Crippen LogP) is 2.84. The van der Waals surface area contributed by atoms with Crippen LogP contribution in [0.15, 0.2) is 42.5 Å². The quantitative estimate of drug-likeness (QED) is 0.515. The summed E-state index contributed by atoms with van der Waals surface area (Å²) >= 11 is 5.84. The first-order valence-corrected chi connectivity index (χ1v) is 9.98. The van der Waals surface area contributed by atoms with Crippen LogP contribution in [0.5, 0.6) is 0 Å². The number of Topliss-reactive ketones (excluding diaryl/α,β-unsaturated/α-hetero) is 1. The van der Waals surface area contributed by atoms with Gasteiger partial charge in [-0.1, -0.05) is 17.7 Å². The maximum Gasteiger partial charge on any atom is 0.310 e. The van der Waals surface area contributed by atoms with Gasteiger partial charge in [0.25, 0.3) is 0 Å². The summed E-state index contributed by atoms with van der Waals surface area (Å²) in [5.74, 6) is -1.89. The fourth-order valence-corrected chi connectivity index (χ4v) is 2.91. The van der Waals surface area contributed by atoms with Crippen molar-refractivity contribution in [3.05, 3.63) is 64.4 Å². The summed E-state index contributed by atoms with van der Waals surface area (Å²) in [6.07, 6.45) is 0.671. The Hall–Kier alpha value is -2.45. The zero-order valence-electron chi connectivity index (χ0n) is 14.6. The van der Waals surface area contributed by atoms with Gasteiger partial charge in [-0.2, -0.15) is 0 Å². The molecule has 0 radical (unpaired) electrons. The number of hydrogen-bond donors (Lipinski definition) is 0. The lowest BCUT2D eigenvalue weighted by atomic mass is 10.1. The van der Waals surface area contributed by atoms with Crippen LogP contribution in [0.1, 0.15) is 15.9 Å². The molecule has 144 valence electrons. The van der Waals surface area contributed by atoms with Gasteiger partial charge in [0.15, 0.2) is 12.4 Å². The Morgan fingerprint density at radius 2 is 1.78 bits per heavy atom. The third kappa shape index (κ3) is 5.51. The molecule has 0 atom stereocenters. The van der Waals surface area contributed by atoms with Crippen molar-refractivity contribution in [2.75, 3.05) is 24.2 Å². The first-order chi connectivity index (χ1) is 12.6. The van der Waals surface area contributed by atoms with Crippen LogP contribution in [-0.4, -0.2) is 40.1 Å². The molecule has 6 nitrogen and oxygen atoms in total. The minimum absolute atomic E-state index is 0.00443. The minimum atomic E-state index is -3.41. The van der Waals surface area contributed by atoms with Crippen molar-refractivity contribution in [3.8, 4) is 0 Å². The standard InChI is InChI=1S/C18H17ClFNO5S/c1-21(27(2,24)25)13-8-6-12(7-9-13)17(22)11-26-18(23)10-14-15(19)4-3-5-16(14)20/h3-9H,10-11H2,1-2H3. The smallest absolute Gasteiger partial charge is 0.310 e. The number of halogens is 2. The van der Waals surface area contributed by atoms with Gasteiger partial charge in [0.05, 0.1) is 18.4 Å². The van der Waals surface area contributed by atoms with Crippen LogP contribution < -0.4 is 4.31 Å². The third-order valence-corrected chi connectivity index (χ3v) is 5.36. The summed E-state index contributed by atoms with van der Waals surface area (Å²) < 4.78 is 42.6. The molecule has 0 saturated carbocycles. The molecular formula is C18H17ClFNO5S. The highest BCUT2D eigenvalue weighted by molar-refractivity contribution is 7.92. The second-order valence-corrected chi connectivity index (χ2v) is 8.16. The van der Waals surface area contributed by atoms with E-state index in [2.05, 4.69) is 0 Å². The number of carbonyl (C=O) groups is 2. The van der Waals surface area contributed by atoms with E-state index < -0.39 is 40.6 Å². The highest BCUT2D eigenvalue weighted by Crippen LogP contribution is 2.20. The van der Waals surface area contributed by atoms with Crippen molar-refractivity contribution < 1.29 is 27.1 Å².